The Kier molecular flexibility index (Phi) is 3.30. The molecule has 0 aliphatic carbocycles. The van der Waals surface area contributed by atoms with Gasteiger partial charge in [-0.15, -0.1) is 4.91 Å². The number of anilines is 1. The Morgan fingerprint density at radius 1 is 1.50 bits per heavy atom. The van der Waals surface area contributed by atoms with Gasteiger partial charge in [0.05, 0.1) is 11.4 Å². The van der Waals surface area contributed by atoms with Gasteiger partial charge in [0.1, 0.15) is 0 Å². The summed E-state index contributed by atoms with van der Waals surface area (Å²) in [6.45, 7) is 3.31. The fraction of sp³-hybridized carbons (Fsp3) is 0.222. The molecule has 0 spiro atoms. The molecule has 1 aromatic rings. The second kappa shape index (κ2) is 4.48. The van der Waals surface area contributed by atoms with Crippen molar-refractivity contribution < 1.29 is 5.21 Å². The van der Waals surface area contributed by atoms with Crippen LogP contribution in [0.3, 0.4) is 0 Å². The molecule has 0 radical (unpaired) electrons. The summed E-state index contributed by atoms with van der Waals surface area (Å²) in [4.78, 5) is 14.1. The molecule has 0 fully saturated rings. The van der Waals surface area contributed by atoms with Gasteiger partial charge in [-0.25, -0.2) is 4.99 Å². The number of nitrogens with zero attached hydrogens (tertiary/aromatic N) is 2. The predicted molar refractivity (Wildman–Crippen MR) is 55.2 cm³/mol. The number of hydrogen-bond acceptors (Lipinski definition) is 4. The van der Waals surface area contributed by atoms with Crippen LogP contribution in [0.25, 0.3) is 0 Å². The summed E-state index contributed by atoms with van der Waals surface area (Å²) in [5.41, 5.74) is 3.98. The van der Waals surface area contributed by atoms with Gasteiger partial charge >= 0.3 is 0 Å². The first-order chi connectivity index (χ1) is 6.69. The second-order valence-electron chi connectivity index (χ2n) is 2.81. The molecule has 0 saturated carbocycles. The van der Waals surface area contributed by atoms with Crippen LogP contribution in [0.15, 0.2) is 28.4 Å². The highest BCUT2D eigenvalue weighted by molar-refractivity contribution is 5.84. The Morgan fingerprint density at radius 2 is 2.21 bits per heavy atom. The van der Waals surface area contributed by atoms with Crippen LogP contribution in [0.2, 0.25) is 0 Å². The summed E-state index contributed by atoms with van der Waals surface area (Å²) in [6, 6.07) is 5.17. The summed E-state index contributed by atoms with van der Waals surface area (Å²) in [5, 5.41) is 11.4. The summed E-state index contributed by atoms with van der Waals surface area (Å²) in [7, 11) is 0. The molecule has 1 aromatic carbocycles. The van der Waals surface area contributed by atoms with Crippen molar-refractivity contribution in [3.8, 4) is 0 Å². The minimum Gasteiger partial charge on any atom is -0.291 e. The first-order valence-electron chi connectivity index (χ1n) is 4.07. The van der Waals surface area contributed by atoms with Crippen molar-refractivity contribution in [2.24, 2.45) is 10.2 Å². The van der Waals surface area contributed by atoms with E-state index in [2.05, 4.69) is 10.2 Å². The summed E-state index contributed by atoms with van der Waals surface area (Å²) in [6.07, 6.45) is 0. The van der Waals surface area contributed by atoms with Gasteiger partial charge in [0.25, 0.3) is 0 Å². The van der Waals surface area contributed by atoms with Gasteiger partial charge in [-0.05, 0) is 31.2 Å². The maximum Gasteiger partial charge on any atom is 0.170 e. The molecule has 0 heterocycles. The molecule has 0 aliphatic heterocycles. The average molecular weight is 193 g/mol. The number of hydrogen-bond donors (Lipinski definition) is 2. The molecule has 0 atom stereocenters. The number of nitrogens with one attached hydrogen (secondary N) is 1. The lowest BCUT2D eigenvalue weighted by atomic mass is 10.1. The smallest absolute Gasteiger partial charge is 0.170 e. The molecule has 5 heteroatoms. The molecular formula is C9H11N3O2. The molecule has 0 saturated heterocycles. The second-order valence-corrected chi connectivity index (χ2v) is 2.81. The van der Waals surface area contributed by atoms with Crippen molar-refractivity contribution in [1.82, 2.24) is 0 Å². The Balaban J connectivity index is 3.16. The van der Waals surface area contributed by atoms with Crippen LogP contribution >= 0.6 is 0 Å². The van der Waals surface area contributed by atoms with Crippen molar-refractivity contribution in [2.45, 2.75) is 13.8 Å². The Hall–Kier alpha value is -1.75. The van der Waals surface area contributed by atoms with E-state index in [1.807, 2.05) is 5.48 Å². The van der Waals surface area contributed by atoms with Gasteiger partial charge in [-0.1, -0.05) is 6.07 Å². The molecule has 0 aromatic heterocycles. The lowest BCUT2D eigenvalue weighted by Crippen LogP contribution is -1.92. The monoisotopic (exact) mass is 193 g/mol. The first-order valence-corrected chi connectivity index (χ1v) is 4.07. The minimum absolute atomic E-state index is 0.156. The first kappa shape index (κ1) is 10.3. The van der Waals surface area contributed by atoms with Crippen molar-refractivity contribution in [3.63, 3.8) is 0 Å². The number of aliphatic imine (C=N–C) groups is 1. The summed E-state index contributed by atoms with van der Waals surface area (Å²) >= 11 is 0. The van der Waals surface area contributed by atoms with Gasteiger partial charge in [0, 0.05) is 5.56 Å². The highest BCUT2D eigenvalue weighted by Gasteiger charge is 2.02. The van der Waals surface area contributed by atoms with E-state index >= 15 is 0 Å². The van der Waals surface area contributed by atoms with Crippen LogP contribution in [0.5, 0.6) is 0 Å². The van der Waals surface area contributed by atoms with E-state index in [9.17, 15) is 4.91 Å². The van der Waals surface area contributed by atoms with Crippen LogP contribution in [0.1, 0.15) is 12.5 Å². The third-order valence-corrected chi connectivity index (χ3v) is 1.84. The van der Waals surface area contributed by atoms with Crippen LogP contribution in [-0.2, 0) is 0 Å². The molecule has 0 bridgehead atoms. The maximum absolute atomic E-state index is 10.1. The lowest BCUT2D eigenvalue weighted by molar-refractivity contribution is 0.388. The van der Waals surface area contributed by atoms with Crippen molar-refractivity contribution in [1.29, 1.82) is 0 Å². The Labute approximate surface area is 81.4 Å². The van der Waals surface area contributed by atoms with E-state index in [0.29, 0.717) is 11.4 Å². The van der Waals surface area contributed by atoms with E-state index in [0.717, 1.165) is 5.56 Å². The van der Waals surface area contributed by atoms with Crippen LogP contribution in [-0.4, -0.2) is 11.0 Å². The van der Waals surface area contributed by atoms with Gasteiger partial charge < -0.3 is 0 Å². The van der Waals surface area contributed by atoms with Crippen molar-refractivity contribution in [3.05, 3.63) is 28.7 Å². The number of nitroso groups, excluding NO2 is 1. The van der Waals surface area contributed by atoms with E-state index in [4.69, 9.17) is 5.21 Å². The highest BCUT2D eigenvalue weighted by Crippen LogP contribution is 2.25. The molecular weight excluding hydrogens is 182 g/mol. The van der Waals surface area contributed by atoms with Crippen molar-refractivity contribution >= 4 is 17.2 Å². The van der Waals surface area contributed by atoms with Gasteiger partial charge in [-0.2, -0.15) is 0 Å². The third kappa shape index (κ3) is 2.14. The lowest BCUT2D eigenvalue weighted by Gasteiger charge is -2.05. The number of rotatable bonds is 2. The third-order valence-electron chi connectivity index (χ3n) is 1.84. The van der Waals surface area contributed by atoms with Crippen molar-refractivity contribution in [2.75, 3.05) is 5.48 Å². The molecule has 1 rings (SSSR count). The highest BCUT2D eigenvalue weighted by atomic mass is 16.5. The van der Waals surface area contributed by atoms with E-state index < -0.39 is 0 Å². The maximum atomic E-state index is 10.1. The topological polar surface area (TPSA) is 74.0 Å². The standard InChI is InChI=1S/C9H11N3O2/c1-6-8(10-7(2)11-13)4-3-5-9(6)12-14/h3-5,12,14H,1-2H3. The predicted octanol–water partition coefficient (Wildman–Crippen LogP) is 2.61. The van der Waals surface area contributed by atoms with E-state index in [1.165, 1.54) is 6.92 Å². The number of benzene rings is 1. The Morgan fingerprint density at radius 3 is 2.79 bits per heavy atom. The fourth-order valence-corrected chi connectivity index (χ4v) is 1.06. The zero-order chi connectivity index (χ0) is 10.6. The van der Waals surface area contributed by atoms with Crippen LogP contribution in [0.4, 0.5) is 11.4 Å². The normalized spacial score (nSPS) is 11.2. The Bertz CT molecular complexity index is 374. The van der Waals surface area contributed by atoms with E-state index in [-0.39, 0.29) is 5.84 Å². The summed E-state index contributed by atoms with van der Waals surface area (Å²) < 4.78 is 0. The minimum atomic E-state index is 0.156. The van der Waals surface area contributed by atoms with Gasteiger partial charge in [0.2, 0.25) is 0 Å². The fourth-order valence-electron chi connectivity index (χ4n) is 1.06. The quantitative estimate of drug-likeness (QED) is 0.328. The van der Waals surface area contributed by atoms with Crippen LogP contribution in [0, 0.1) is 11.8 Å². The zero-order valence-corrected chi connectivity index (χ0v) is 7.98. The molecule has 14 heavy (non-hydrogen) atoms. The molecule has 74 valence electrons. The average Bonchev–Trinajstić information content (AvgIpc) is 2.21. The largest absolute Gasteiger partial charge is 0.291 e. The number of amidine groups is 1. The molecule has 0 unspecified atom stereocenters. The van der Waals surface area contributed by atoms with Gasteiger partial charge in [-0.3, -0.25) is 10.7 Å². The SMILES string of the molecule is CC(N=O)=Nc1cccc(NO)c1C. The van der Waals surface area contributed by atoms with Crippen LogP contribution < -0.4 is 5.48 Å². The van der Waals surface area contributed by atoms with E-state index in [1.54, 1.807) is 25.1 Å². The summed E-state index contributed by atoms with van der Waals surface area (Å²) in [5.74, 6) is 0.156. The molecule has 2 N–H and O–H groups in total. The molecule has 0 amide bonds. The molecule has 0 aliphatic rings. The van der Waals surface area contributed by atoms with Gasteiger partial charge in [0.15, 0.2) is 5.84 Å². The molecule has 5 nitrogen and oxygen atoms in total. The zero-order valence-electron chi connectivity index (χ0n) is 7.98.